The summed E-state index contributed by atoms with van der Waals surface area (Å²) in [5, 5.41) is 3.35. The fraction of sp³-hybridized carbons (Fsp3) is 0.538. The molecule has 2 atom stereocenters. The Balaban J connectivity index is 1.79. The maximum atomic E-state index is 13.4. The molecule has 1 aromatic rings. The molecular formula is C13H17BrFNO. The second-order valence-electron chi connectivity index (χ2n) is 4.47. The van der Waals surface area contributed by atoms with E-state index in [1.807, 2.05) is 6.07 Å². The highest BCUT2D eigenvalue weighted by Gasteiger charge is 2.37. The first-order valence-corrected chi connectivity index (χ1v) is 6.66. The van der Waals surface area contributed by atoms with E-state index < -0.39 is 0 Å². The highest BCUT2D eigenvalue weighted by atomic mass is 79.9. The Morgan fingerprint density at radius 2 is 2.35 bits per heavy atom. The molecule has 0 amide bonds. The molecule has 1 aliphatic carbocycles. The molecule has 1 saturated carbocycles. The molecule has 2 nitrogen and oxygen atoms in total. The van der Waals surface area contributed by atoms with Crippen molar-refractivity contribution in [2.24, 2.45) is 5.92 Å². The lowest BCUT2D eigenvalue weighted by molar-refractivity contribution is 0.199. The van der Waals surface area contributed by atoms with E-state index in [1.54, 1.807) is 19.2 Å². The molecule has 0 saturated heterocycles. The molecule has 4 heteroatoms. The molecule has 0 aromatic heterocycles. The molecule has 1 aliphatic rings. The van der Waals surface area contributed by atoms with Crippen LogP contribution in [0.15, 0.2) is 22.7 Å². The smallest absolute Gasteiger partial charge is 0.137 e. The minimum Gasteiger partial charge on any atom is -0.383 e. The Morgan fingerprint density at radius 1 is 1.53 bits per heavy atom. The van der Waals surface area contributed by atoms with Gasteiger partial charge in [0.1, 0.15) is 5.82 Å². The van der Waals surface area contributed by atoms with Crippen LogP contribution < -0.4 is 5.32 Å². The SMILES string of the molecule is COCCNCC1CC1c1ccc(Br)c(F)c1. The number of rotatable bonds is 6. The van der Waals surface area contributed by atoms with Crippen molar-refractivity contribution in [2.45, 2.75) is 12.3 Å². The van der Waals surface area contributed by atoms with Gasteiger partial charge in [-0.2, -0.15) is 0 Å². The Kier molecular flexibility index (Phi) is 4.54. The van der Waals surface area contributed by atoms with Gasteiger partial charge < -0.3 is 10.1 Å². The van der Waals surface area contributed by atoms with Crippen molar-refractivity contribution in [3.05, 3.63) is 34.1 Å². The zero-order valence-corrected chi connectivity index (χ0v) is 11.5. The van der Waals surface area contributed by atoms with Gasteiger partial charge in [0.05, 0.1) is 11.1 Å². The van der Waals surface area contributed by atoms with Crippen molar-refractivity contribution in [2.75, 3.05) is 26.8 Å². The Bertz CT molecular complexity index is 386. The van der Waals surface area contributed by atoms with Gasteiger partial charge in [0.15, 0.2) is 0 Å². The zero-order chi connectivity index (χ0) is 12.3. The third-order valence-corrected chi connectivity index (χ3v) is 3.83. The Hall–Kier alpha value is -0.450. The number of methoxy groups -OCH3 is 1. The van der Waals surface area contributed by atoms with Crippen molar-refractivity contribution >= 4 is 15.9 Å². The van der Waals surface area contributed by atoms with Crippen LogP contribution in [0.25, 0.3) is 0 Å². The van der Waals surface area contributed by atoms with Crippen LogP contribution in [0.4, 0.5) is 4.39 Å². The number of ether oxygens (including phenoxy) is 1. The Labute approximate surface area is 110 Å². The lowest BCUT2D eigenvalue weighted by atomic mass is 10.1. The van der Waals surface area contributed by atoms with Gasteiger partial charge in [0.25, 0.3) is 0 Å². The van der Waals surface area contributed by atoms with E-state index in [2.05, 4.69) is 21.2 Å². The number of hydrogen-bond donors (Lipinski definition) is 1. The topological polar surface area (TPSA) is 21.3 Å². The molecule has 0 spiro atoms. The van der Waals surface area contributed by atoms with Crippen molar-refractivity contribution in [1.29, 1.82) is 0 Å². The quantitative estimate of drug-likeness (QED) is 0.816. The van der Waals surface area contributed by atoms with Gasteiger partial charge in [-0.15, -0.1) is 0 Å². The fourth-order valence-electron chi connectivity index (χ4n) is 2.09. The molecule has 0 radical (unpaired) electrons. The van der Waals surface area contributed by atoms with E-state index in [1.165, 1.54) is 0 Å². The van der Waals surface area contributed by atoms with Crippen LogP contribution in [0.5, 0.6) is 0 Å². The molecule has 0 bridgehead atoms. The van der Waals surface area contributed by atoms with Crippen molar-refractivity contribution in [3.8, 4) is 0 Å². The van der Waals surface area contributed by atoms with E-state index in [0.29, 0.717) is 16.3 Å². The van der Waals surface area contributed by atoms with Gasteiger partial charge in [-0.25, -0.2) is 4.39 Å². The largest absolute Gasteiger partial charge is 0.383 e. The lowest BCUT2D eigenvalue weighted by Crippen LogP contribution is -2.21. The molecular weight excluding hydrogens is 285 g/mol. The van der Waals surface area contributed by atoms with Crippen LogP contribution in [-0.2, 0) is 4.74 Å². The second kappa shape index (κ2) is 5.94. The highest BCUT2D eigenvalue weighted by Crippen LogP contribution is 2.47. The van der Waals surface area contributed by atoms with Crippen molar-refractivity contribution in [1.82, 2.24) is 5.32 Å². The summed E-state index contributed by atoms with van der Waals surface area (Å²) < 4.78 is 18.9. The summed E-state index contributed by atoms with van der Waals surface area (Å²) in [5.41, 5.74) is 1.12. The average molecular weight is 302 g/mol. The highest BCUT2D eigenvalue weighted by molar-refractivity contribution is 9.10. The number of halogens is 2. The van der Waals surface area contributed by atoms with Crippen molar-refractivity contribution in [3.63, 3.8) is 0 Å². The molecule has 0 aliphatic heterocycles. The maximum Gasteiger partial charge on any atom is 0.137 e. The summed E-state index contributed by atoms with van der Waals surface area (Å²) in [4.78, 5) is 0. The number of hydrogen-bond acceptors (Lipinski definition) is 2. The third-order valence-electron chi connectivity index (χ3n) is 3.18. The molecule has 1 N–H and O–H groups in total. The third kappa shape index (κ3) is 3.50. The van der Waals surface area contributed by atoms with E-state index in [4.69, 9.17) is 4.74 Å². The fourth-order valence-corrected chi connectivity index (χ4v) is 2.33. The minimum absolute atomic E-state index is 0.166. The van der Waals surface area contributed by atoms with Crippen LogP contribution in [0.3, 0.4) is 0 Å². The standard InChI is InChI=1S/C13H17BrFNO/c1-17-5-4-16-8-10-6-11(10)9-2-3-12(14)13(15)7-9/h2-3,7,10-11,16H,4-6,8H2,1H3. The molecule has 0 heterocycles. The normalized spacial score (nSPS) is 22.8. The maximum absolute atomic E-state index is 13.4. The van der Waals surface area contributed by atoms with Crippen LogP contribution in [0.1, 0.15) is 17.9 Å². The van der Waals surface area contributed by atoms with Crippen LogP contribution in [0.2, 0.25) is 0 Å². The number of nitrogens with one attached hydrogen (secondary N) is 1. The van der Waals surface area contributed by atoms with Gasteiger partial charge >= 0.3 is 0 Å². The van der Waals surface area contributed by atoms with Crippen LogP contribution in [-0.4, -0.2) is 26.8 Å². The summed E-state index contributed by atoms with van der Waals surface area (Å²) in [6.45, 7) is 2.62. The van der Waals surface area contributed by atoms with E-state index in [-0.39, 0.29) is 5.82 Å². The molecule has 1 fully saturated rings. The van der Waals surface area contributed by atoms with Gasteiger partial charge in [0.2, 0.25) is 0 Å². The van der Waals surface area contributed by atoms with E-state index in [9.17, 15) is 4.39 Å². The zero-order valence-electron chi connectivity index (χ0n) is 9.88. The van der Waals surface area contributed by atoms with Gasteiger partial charge in [-0.3, -0.25) is 0 Å². The van der Waals surface area contributed by atoms with E-state index in [0.717, 1.165) is 31.7 Å². The van der Waals surface area contributed by atoms with Crippen LogP contribution in [0, 0.1) is 11.7 Å². The molecule has 17 heavy (non-hydrogen) atoms. The predicted molar refractivity (Wildman–Crippen MR) is 69.7 cm³/mol. The average Bonchev–Trinajstić information content (AvgIpc) is 3.08. The molecule has 2 unspecified atom stereocenters. The minimum atomic E-state index is -0.166. The summed E-state index contributed by atoms with van der Waals surface area (Å²) in [6.07, 6.45) is 1.15. The van der Waals surface area contributed by atoms with Gasteiger partial charge in [-0.05, 0) is 58.4 Å². The lowest BCUT2D eigenvalue weighted by Gasteiger charge is -2.04. The molecule has 2 rings (SSSR count). The summed E-state index contributed by atoms with van der Waals surface area (Å²) in [7, 11) is 1.70. The molecule has 94 valence electrons. The number of benzene rings is 1. The molecule has 1 aromatic carbocycles. The summed E-state index contributed by atoms with van der Waals surface area (Å²) >= 11 is 3.17. The van der Waals surface area contributed by atoms with Crippen molar-refractivity contribution < 1.29 is 9.13 Å². The predicted octanol–water partition coefficient (Wildman–Crippen LogP) is 2.93. The second-order valence-corrected chi connectivity index (χ2v) is 5.33. The first kappa shape index (κ1) is 13.0. The first-order chi connectivity index (χ1) is 8.22. The first-order valence-electron chi connectivity index (χ1n) is 5.87. The summed E-state index contributed by atoms with van der Waals surface area (Å²) in [5.74, 6) is 1.00. The van der Waals surface area contributed by atoms with Gasteiger partial charge in [0, 0.05) is 13.7 Å². The van der Waals surface area contributed by atoms with E-state index >= 15 is 0 Å². The Morgan fingerprint density at radius 3 is 3.06 bits per heavy atom. The monoisotopic (exact) mass is 301 g/mol. The van der Waals surface area contributed by atoms with Crippen LogP contribution >= 0.6 is 15.9 Å². The van der Waals surface area contributed by atoms with Gasteiger partial charge in [-0.1, -0.05) is 6.07 Å². The summed E-state index contributed by atoms with van der Waals surface area (Å²) in [6, 6.07) is 5.44.